The SMILES string of the molecule is CC#Cc1cc(C)c(C2C(=O)CC3(CC2=O)CN(C(=O)c2cccc(OC)c2)C3)c(C)c1. The van der Waals surface area contributed by atoms with E-state index in [1.54, 1.807) is 43.2 Å². The summed E-state index contributed by atoms with van der Waals surface area (Å²) in [5.41, 5.74) is 3.67. The molecule has 0 aromatic heterocycles. The number of ketones is 2. The van der Waals surface area contributed by atoms with Crippen LogP contribution < -0.4 is 4.74 Å². The Bertz CT molecular complexity index is 1130. The standard InChI is InChI=1S/C27H27NO4/c1-5-7-19-10-17(2)24(18(3)11-19)25-22(29)13-27(14-23(25)30)15-28(16-27)26(31)20-8-6-9-21(12-20)32-4/h6,8-12,25H,13-16H2,1-4H3. The monoisotopic (exact) mass is 429 g/mol. The molecule has 2 aromatic rings. The van der Waals surface area contributed by atoms with Crippen LogP contribution in [0.25, 0.3) is 0 Å². The predicted octanol–water partition coefficient (Wildman–Crippen LogP) is 3.84. The lowest BCUT2D eigenvalue weighted by molar-refractivity contribution is -0.141. The van der Waals surface area contributed by atoms with Gasteiger partial charge in [0.25, 0.3) is 5.91 Å². The first kappa shape index (κ1) is 21.8. The number of benzene rings is 2. The van der Waals surface area contributed by atoms with Gasteiger partial charge in [-0.2, -0.15) is 0 Å². The zero-order valence-electron chi connectivity index (χ0n) is 19.0. The van der Waals surface area contributed by atoms with E-state index in [1.165, 1.54) is 0 Å². The first-order valence-electron chi connectivity index (χ1n) is 10.8. The van der Waals surface area contributed by atoms with Gasteiger partial charge in [-0.15, -0.1) is 5.92 Å². The molecule has 0 unspecified atom stereocenters. The number of amides is 1. The molecule has 2 fully saturated rings. The molecule has 0 N–H and O–H groups in total. The summed E-state index contributed by atoms with van der Waals surface area (Å²) < 4.78 is 5.20. The minimum Gasteiger partial charge on any atom is -0.497 e. The van der Waals surface area contributed by atoms with Crippen LogP contribution >= 0.6 is 0 Å². The van der Waals surface area contributed by atoms with Crippen LogP contribution in [0.5, 0.6) is 5.75 Å². The number of rotatable bonds is 3. The van der Waals surface area contributed by atoms with E-state index in [0.717, 1.165) is 22.3 Å². The summed E-state index contributed by atoms with van der Waals surface area (Å²) in [6.07, 6.45) is 0.640. The van der Waals surface area contributed by atoms with Crippen LogP contribution in [0.3, 0.4) is 0 Å². The highest BCUT2D eigenvalue weighted by atomic mass is 16.5. The van der Waals surface area contributed by atoms with Crippen LogP contribution in [0.15, 0.2) is 36.4 Å². The fraction of sp³-hybridized carbons (Fsp3) is 0.370. The van der Waals surface area contributed by atoms with Crippen molar-refractivity contribution in [1.82, 2.24) is 4.90 Å². The van der Waals surface area contributed by atoms with Gasteiger partial charge in [0, 0.05) is 42.5 Å². The number of carbonyl (C=O) groups is 3. The Hall–Kier alpha value is -3.39. The van der Waals surface area contributed by atoms with E-state index < -0.39 is 11.3 Å². The largest absolute Gasteiger partial charge is 0.497 e. The van der Waals surface area contributed by atoms with Gasteiger partial charge in [-0.25, -0.2) is 0 Å². The first-order chi connectivity index (χ1) is 15.3. The first-order valence-corrected chi connectivity index (χ1v) is 10.8. The van der Waals surface area contributed by atoms with Crippen LogP contribution in [0.1, 0.15) is 58.3 Å². The topological polar surface area (TPSA) is 63.7 Å². The number of ether oxygens (including phenoxy) is 1. The molecule has 1 aliphatic heterocycles. The molecule has 2 aliphatic rings. The van der Waals surface area contributed by atoms with E-state index in [9.17, 15) is 14.4 Å². The molecular weight excluding hydrogens is 402 g/mol. The van der Waals surface area contributed by atoms with Gasteiger partial charge in [0.1, 0.15) is 23.2 Å². The van der Waals surface area contributed by atoms with E-state index in [0.29, 0.717) is 37.2 Å². The normalized spacial score (nSPS) is 17.6. The maximum atomic E-state index is 13.2. The summed E-state index contributed by atoms with van der Waals surface area (Å²) in [5.74, 6) is 5.65. The van der Waals surface area contributed by atoms with Gasteiger partial charge in [-0.1, -0.05) is 12.0 Å². The zero-order valence-corrected chi connectivity index (χ0v) is 19.0. The van der Waals surface area contributed by atoms with Crippen LogP contribution in [-0.2, 0) is 9.59 Å². The lowest BCUT2D eigenvalue weighted by atomic mass is 9.63. The van der Waals surface area contributed by atoms with Crippen molar-refractivity contribution < 1.29 is 19.1 Å². The molecule has 5 nitrogen and oxygen atoms in total. The van der Waals surface area contributed by atoms with Crippen molar-refractivity contribution in [3.05, 3.63) is 64.2 Å². The Labute approximate surface area is 188 Å². The smallest absolute Gasteiger partial charge is 0.254 e. The summed E-state index contributed by atoms with van der Waals surface area (Å²) in [6, 6.07) is 10.9. The molecule has 1 amide bonds. The fourth-order valence-electron chi connectivity index (χ4n) is 5.22. The number of Topliss-reactive ketones (excluding diaryl/α,β-unsaturated/α-hetero) is 2. The third-order valence-corrected chi connectivity index (χ3v) is 6.55. The minimum absolute atomic E-state index is 0.0461. The van der Waals surface area contributed by atoms with Crippen molar-refractivity contribution in [3.63, 3.8) is 0 Å². The number of nitrogens with zero attached hydrogens (tertiary/aromatic N) is 1. The summed E-state index contributed by atoms with van der Waals surface area (Å²) >= 11 is 0. The second-order valence-electron chi connectivity index (χ2n) is 9.01. The van der Waals surface area contributed by atoms with Crippen LogP contribution in [0.4, 0.5) is 0 Å². The Morgan fingerprint density at radius 3 is 2.25 bits per heavy atom. The maximum absolute atomic E-state index is 13.2. The predicted molar refractivity (Wildman–Crippen MR) is 122 cm³/mol. The van der Waals surface area contributed by atoms with E-state index >= 15 is 0 Å². The number of aryl methyl sites for hydroxylation is 2. The minimum atomic E-state index is -0.715. The third kappa shape index (κ3) is 3.82. The molecule has 1 heterocycles. The van der Waals surface area contributed by atoms with E-state index in [-0.39, 0.29) is 17.5 Å². The molecule has 0 atom stereocenters. The summed E-state index contributed by atoms with van der Waals surface area (Å²) in [4.78, 5) is 40.9. The van der Waals surface area contributed by atoms with Crippen molar-refractivity contribution in [1.29, 1.82) is 0 Å². The van der Waals surface area contributed by atoms with E-state index in [4.69, 9.17) is 4.74 Å². The van der Waals surface area contributed by atoms with Gasteiger partial charge in [0.15, 0.2) is 0 Å². The lowest BCUT2D eigenvalue weighted by Gasteiger charge is -2.52. The van der Waals surface area contributed by atoms with Gasteiger partial charge >= 0.3 is 0 Å². The molecule has 1 spiro atoms. The summed E-state index contributed by atoms with van der Waals surface area (Å²) in [5, 5.41) is 0. The molecule has 4 rings (SSSR count). The Kier molecular flexibility index (Phi) is 5.64. The van der Waals surface area contributed by atoms with E-state index in [2.05, 4.69) is 11.8 Å². The third-order valence-electron chi connectivity index (χ3n) is 6.55. The molecule has 1 saturated carbocycles. The Morgan fingerprint density at radius 1 is 1.06 bits per heavy atom. The second kappa shape index (κ2) is 8.27. The van der Waals surface area contributed by atoms with Gasteiger partial charge in [-0.3, -0.25) is 14.4 Å². The average Bonchev–Trinajstić information content (AvgIpc) is 2.73. The number of likely N-dealkylation sites (tertiary alicyclic amines) is 1. The molecule has 0 bridgehead atoms. The number of hydrogen-bond acceptors (Lipinski definition) is 4. The Balaban J connectivity index is 1.50. The highest BCUT2D eigenvalue weighted by molar-refractivity contribution is 6.11. The van der Waals surface area contributed by atoms with Crippen molar-refractivity contribution in [3.8, 4) is 17.6 Å². The van der Waals surface area contributed by atoms with Crippen LogP contribution in [0.2, 0.25) is 0 Å². The van der Waals surface area contributed by atoms with Crippen LogP contribution in [-0.4, -0.2) is 42.6 Å². The van der Waals surface area contributed by atoms with Gasteiger partial charge in [-0.05, 0) is 67.8 Å². The second-order valence-corrected chi connectivity index (χ2v) is 9.01. The number of carbonyl (C=O) groups excluding carboxylic acids is 3. The van der Waals surface area contributed by atoms with Gasteiger partial charge < -0.3 is 9.64 Å². The average molecular weight is 430 g/mol. The van der Waals surface area contributed by atoms with Gasteiger partial charge in [0.2, 0.25) is 0 Å². The summed E-state index contributed by atoms with van der Waals surface area (Å²) in [7, 11) is 1.56. The maximum Gasteiger partial charge on any atom is 0.254 e. The van der Waals surface area contributed by atoms with Crippen molar-refractivity contribution in [2.45, 2.75) is 39.5 Å². The van der Waals surface area contributed by atoms with Gasteiger partial charge in [0.05, 0.1) is 7.11 Å². The molecular formula is C27H27NO4. The molecule has 5 heteroatoms. The quantitative estimate of drug-likeness (QED) is 0.549. The van der Waals surface area contributed by atoms with Crippen molar-refractivity contribution in [2.75, 3.05) is 20.2 Å². The molecule has 2 aromatic carbocycles. The molecule has 0 radical (unpaired) electrons. The molecule has 164 valence electrons. The highest BCUT2D eigenvalue weighted by Gasteiger charge is 2.53. The number of hydrogen-bond donors (Lipinski definition) is 0. The zero-order chi connectivity index (χ0) is 23.0. The van der Waals surface area contributed by atoms with Crippen LogP contribution in [0, 0.1) is 31.1 Å². The molecule has 1 saturated heterocycles. The van der Waals surface area contributed by atoms with E-state index in [1.807, 2.05) is 26.0 Å². The summed E-state index contributed by atoms with van der Waals surface area (Å²) in [6.45, 7) is 6.51. The molecule has 1 aliphatic carbocycles. The molecule has 32 heavy (non-hydrogen) atoms. The van der Waals surface area contributed by atoms with Crippen molar-refractivity contribution >= 4 is 17.5 Å². The number of methoxy groups -OCH3 is 1. The fourth-order valence-corrected chi connectivity index (χ4v) is 5.22. The van der Waals surface area contributed by atoms with Crippen molar-refractivity contribution in [2.24, 2.45) is 5.41 Å². The lowest BCUT2D eigenvalue weighted by Crippen LogP contribution is -2.62. The highest BCUT2D eigenvalue weighted by Crippen LogP contribution is 2.46. The Morgan fingerprint density at radius 2 is 1.69 bits per heavy atom.